The summed E-state index contributed by atoms with van der Waals surface area (Å²) in [6.45, 7) is 4.60. The Morgan fingerprint density at radius 1 is 1.06 bits per heavy atom. The average molecular weight is 256 g/mol. The summed E-state index contributed by atoms with van der Waals surface area (Å²) in [6, 6.07) is 15.8. The summed E-state index contributed by atoms with van der Waals surface area (Å²) in [6.07, 6.45) is 0. The van der Waals surface area contributed by atoms with E-state index in [1.54, 1.807) is 0 Å². The van der Waals surface area contributed by atoms with Crippen molar-refractivity contribution in [3.8, 4) is 5.88 Å². The van der Waals surface area contributed by atoms with Gasteiger partial charge in [0.1, 0.15) is 12.0 Å². The number of rotatable bonds is 4. The van der Waals surface area contributed by atoms with Crippen molar-refractivity contribution >= 4 is 20.1 Å². The lowest BCUT2D eigenvalue weighted by Gasteiger charge is -2.25. The second kappa shape index (κ2) is 5.54. The second-order valence-corrected chi connectivity index (χ2v) is 8.19. The first-order valence-corrected chi connectivity index (χ1v) is 8.58. The van der Waals surface area contributed by atoms with Crippen LogP contribution in [0.1, 0.15) is 5.56 Å². The molecule has 0 saturated heterocycles. The van der Waals surface area contributed by atoms with Crippen LogP contribution in [-0.4, -0.2) is 25.9 Å². The fraction of sp³-hybridized carbons (Fsp3) is 0.214. The van der Waals surface area contributed by atoms with Crippen molar-refractivity contribution in [2.45, 2.75) is 6.61 Å². The third-order valence-electron chi connectivity index (χ3n) is 2.53. The lowest BCUT2D eigenvalue weighted by molar-refractivity contribution is 0.294. The summed E-state index contributed by atoms with van der Waals surface area (Å²) in [7, 11) is 4.54. The maximum Gasteiger partial charge on any atom is 0.216 e. The van der Waals surface area contributed by atoms with Crippen molar-refractivity contribution in [2.75, 3.05) is 13.3 Å². The molecular weight excluding hydrogens is 240 g/mol. The zero-order valence-electron chi connectivity index (χ0n) is 10.7. The molecule has 4 heteroatoms. The zero-order valence-corrected chi connectivity index (χ0v) is 11.6. The molecule has 0 fully saturated rings. The van der Waals surface area contributed by atoms with Gasteiger partial charge >= 0.3 is 0 Å². The number of ether oxygens (including phenoxy) is 1. The van der Waals surface area contributed by atoms with Crippen LogP contribution in [0.25, 0.3) is 0 Å². The average Bonchev–Trinajstić information content (AvgIpc) is 2.37. The van der Waals surface area contributed by atoms with E-state index in [1.165, 1.54) is 0 Å². The van der Waals surface area contributed by atoms with E-state index in [4.69, 9.17) is 12.3 Å². The Kier molecular flexibility index (Phi) is 4.03. The molecule has 0 aliphatic carbocycles. The van der Waals surface area contributed by atoms with Gasteiger partial charge in [-0.15, -0.1) is 0 Å². The highest BCUT2D eigenvalue weighted by atomic mass is 31.2. The smallest absolute Gasteiger partial charge is 0.216 e. The van der Waals surface area contributed by atoms with Crippen molar-refractivity contribution in [1.82, 2.24) is 4.98 Å². The van der Waals surface area contributed by atoms with E-state index in [2.05, 4.69) is 4.98 Å². The first kappa shape index (κ1) is 13.1. The summed E-state index contributed by atoms with van der Waals surface area (Å²) in [5, 5.41) is 0. The Labute approximate surface area is 110 Å². The number of aromatic nitrogens is 1. The molecule has 2 rings (SSSR count). The summed E-state index contributed by atoms with van der Waals surface area (Å²) in [5.41, 5.74) is 2.07. The molecule has 1 aromatic carbocycles. The van der Waals surface area contributed by atoms with Gasteiger partial charge in [0, 0.05) is 19.4 Å². The Balaban J connectivity index is 2.06. The fourth-order valence-electron chi connectivity index (χ4n) is 1.54. The van der Waals surface area contributed by atoms with Crippen molar-refractivity contribution < 1.29 is 4.74 Å². The number of hydrogen-bond donors (Lipinski definition) is 0. The van der Waals surface area contributed by atoms with Crippen LogP contribution in [0.2, 0.25) is 0 Å². The van der Waals surface area contributed by atoms with Gasteiger partial charge in [-0.1, -0.05) is 36.4 Å². The third kappa shape index (κ3) is 3.58. The molecule has 0 amide bonds. The normalized spacial score (nSPS) is 11.3. The predicted molar refractivity (Wildman–Crippen MR) is 79.2 cm³/mol. The Hall–Kier alpha value is -1.34. The first-order valence-electron chi connectivity index (χ1n) is 5.82. The molecule has 0 spiro atoms. The van der Waals surface area contributed by atoms with Crippen molar-refractivity contribution in [3.05, 3.63) is 54.1 Å². The number of nitrogens with zero attached hydrogens (tertiary/aromatic N) is 1. The zero-order chi connectivity index (χ0) is 13.0. The van der Waals surface area contributed by atoms with Gasteiger partial charge in [0.05, 0.1) is 0 Å². The summed E-state index contributed by atoms with van der Waals surface area (Å²) >= 11 is 0. The van der Waals surface area contributed by atoms with E-state index in [9.17, 15) is 0 Å². The molecule has 0 saturated carbocycles. The largest absolute Gasteiger partial charge is 0.473 e. The van der Waals surface area contributed by atoms with Crippen LogP contribution in [0.4, 0.5) is 0 Å². The van der Waals surface area contributed by atoms with Crippen LogP contribution in [0.5, 0.6) is 5.88 Å². The molecule has 0 atom stereocenters. The molecule has 0 unspecified atom stereocenters. The number of hydrogen-bond acceptors (Lipinski definition) is 2. The van der Waals surface area contributed by atoms with Gasteiger partial charge in [-0.3, -0.25) is 7.57 Å². The molecule has 3 radical (unpaired) electrons. The first-order chi connectivity index (χ1) is 8.55. The van der Waals surface area contributed by atoms with Gasteiger partial charge in [-0.05, 0) is 11.6 Å². The molecule has 0 N–H and O–H groups in total. The maximum atomic E-state index is 6.13. The van der Waals surface area contributed by atoms with Crippen LogP contribution in [0, 0.1) is 0 Å². The van der Waals surface area contributed by atoms with Crippen LogP contribution in [0.15, 0.2) is 48.5 Å². The van der Waals surface area contributed by atoms with Crippen LogP contribution in [-0.2, 0) is 6.61 Å². The summed E-state index contributed by atoms with van der Waals surface area (Å²) in [5.74, 6) is 0.634. The molecule has 18 heavy (non-hydrogen) atoms. The maximum absolute atomic E-state index is 6.13. The molecule has 2 nitrogen and oxygen atoms in total. The highest BCUT2D eigenvalue weighted by Crippen LogP contribution is 2.42. The third-order valence-corrected chi connectivity index (χ3v) is 3.96. The Bertz CT molecular complexity index is 511. The number of pyridine rings is 1. The van der Waals surface area contributed by atoms with E-state index in [1.807, 2.05) is 61.9 Å². The van der Waals surface area contributed by atoms with Crippen molar-refractivity contribution in [2.24, 2.45) is 0 Å². The minimum Gasteiger partial charge on any atom is -0.473 e. The van der Waals surface area contributed by atoms with Gasteiger partial charge in [0.2, 0.25) is 5.88 Å². The molecular formula is C14H16BNOP. The van der Waals surface area contributed by atoms with Gasteiger partial charge in [-0.2, -0.15) is 4.98 Å². The highest BCUT2D eigenvalue weighted by molar-refractivity contribution is 8.01. The standard InChI is InChI=1S/C14H16BNOP/c1-18(2,15)14-10-6-9-13(16-14)17-11-12-7-4-3-5-8-12/h3-10H,11H2,1-2H3. The molecule has 2 aromatic rings. The highest BCUT2D eigenvalue weighted by Gasteiger charge is 2.10. The van der Waals surface area contributed by atoms with E-state index in [0.717, 1.165) is 11.0 Å². The topological polar surface area (TPSA) is 22.1 Å². The molecule has 91 valence electrons. The molecule has 0 bridgehead atoms. The SMILES string of the molecule is [B-][P+](C)(C)c1cccc(OCc2ccccc2)n1. The monoisotopic (exact) mass is 256 g/mol. The van der Waals surface area contributed by atoms with E-state index >= 15 is 0 Å². The Morgan fingerprint density at radius 2 is 1.78 bits per heavy atom. The quantitative estimate of drug-likeness (QED) is 0.619. The summed E-state index contributed by atoms with van der Waals surface area (Å²) < 4.78 is 5.68. The number of benzene rings is 1. The van der Waals surface area contributed by atoms with E-state index < -0.39 is 7.14 Å². The van der Waals surface area contributed by atoms with Gasteiger partial charge in [0.15, 0.2) is 0 Å². The predicted octanol–water partition coefficient (Wildman–Crippen LogP) is 2.65. The molecule has 0 aliphatic rings. The lowest BCUT2D eigenvalue weighted by Crippen LogP contribution is -2.14. The van der Waals surface area contributed by atoms with Crippen LogP contribution in [0.3, 0.4) is 0 Å². The van der Waals surface area contributed by atoms with Crippen LogP contribution < -0.4 is 10.2 Å². The minimum absolute atomic E-state index is 0.529. The molecule has 0 aliphatic heterocycles. The second-order valence-electron chi connectivity index (χ2n) is 4.65. The lowest BCUT2D eigenvalue weighted by atomic mass is 10.2. The molecule has 1 heterocycles. The fourth-order valence-corrected chi connectivity index (χ4v) is 2.36. The minimum atomic E-state index is -1.58. The molecule has 1 aromatic heterocycles. The van der Waals surface area contributed by atoms with Crippen LogP contribution >= 0.6 is 7.14 Å². The van der Waals surface area contributed by atoms with Crippen molar-refractivity contribution in [1.29, 1.82) is 0 Å². The van der Waals surface area contributed by atoms with Gasteiger partial charge in [-0.25, -0.2) is 7.14 Å². The van der Waals surface area contributed by atoms with Crippen molar-refractivity contribution in [3.63, 3.8) is 0 Å². The van der Waals surface area contributed by atoms with E-state index in [0.29, 0.717) is 12.5 Å². The van der Waals surface area contributed by atoms with Gasteiger partial charge in [0.25, 0.3) is 0 Å². The summed E-state index contributed by atoms with van der Waals surface area (Å²) in [4.78, 5) is 4.46. The van der Waals surface area contributed by atoms with E-state index in [-0.39, 0.29) is 0 Å². The Morgan fingerprint density at radius 3 is 2.44 bits per heavy atom. The van der Waals surface area contributed by atoms with Gasteiger partial charge < -0.3 is 4.74 Å².